The molecule has 3 rings (SSSR count). The van der Waals surface area contributed by atoms with Gasteiger partial charge in [0.2, 0.25) is 5.88 Å². The largest absolute Gasteiger partial charge is 0.476 e. The maximum Gasteiger partial charge on any atom is 0.319 e. The van der Waals surface area contributed by atoms with Crippen molar-refractivity contribution in [2.75, 3.05) is 38.2 Å². The highest BCUT2D eigenvalue weighted by atomic mass is 32.1. The molecule has 5 N–H and O–H groups in total. The highest BCUT2D eigenvalue weighted by Gasteiger charge is 2.34. The molecule has 1 aliphatic carbocycles. The first kappa shape index (κ1) is 26.0. The number of carbonyl (C=O) groups is 2. The van der Waals surface area contributed by atoms with E-state index >= 15 is 0 Å². The minimum atomic E-state index is -1.83. The van der Waals surface area contributed by atoms with E-state index in [1.165, 1.54) is 6.92 Å². The number of alkyl halides is 1. The van der Waals surface area contributed by atoms with Crippen LogP contribution in [0.3, 0.4) is 0 Å². The molecule has 3 unspecified atom stereocenters. The summed E-state index contributed by atoms with van der Waals surface area (Å²) in [6, 6.07) is -0.291. The normalized spacial score (nSPS) is 24.6. The number of halogens is 2. The lowest BCUT2D eigenvalue weighted by molar-refractivity contribution is 0.0991. The Bertz CT molecular complexity index is 936. The van der Waals surface area contributed by atoms with Crippen LogP contribution >= 0.6 is 11.5 Å². The zero-order valence-electron chi connectivity index (χ0n) is 19.1. The average molecular weight is 500 g/mol. The molecule has 1 aromatic rings. The van der Waals surface area contributed by atoms with Crippen molar-refractivity contribution in [3.63, 3.8) is 0 Å². The van der Waals surface area contributed by atoms with Gasteiger partial charge >= 0.3 is 6.03 Å². The lowest BCUT2D eigenvalue weighted by Crippen LogP contribution is -2.34. The molecule has 0 aromatic carbocycles. The third-order valence-corrected chi connectivity index (χ3v) is 6.80. The molecule has 3 atom stereocenters. The van der Waals surface area contributed by atoms with Crippen molar-refractivity contribution in [3.05, 3.63) is 29.6 Å². The van der Waals surface area contributed by atoms with Crippen molar-refractivity contribution >= 4 is 28.5 Å². The van der Waals surface area contributed by atoms with E-state index < -0.39 is 29.4 Å². The molecule has 0 bridgehead atoms. The fourth-order valence-corrected chi connectivity index (χ4v) is 4.75. The summed E-state index contributed by atoms with van der Waals surface area (Å²) in [5.41, 5.74) is 3.49. The number of amides is 3. The van der Waals surface area contributed by atoms with Crippen LogP contribution in [0.15, 0.2) is 24.1 Å². The van der Waals surface area contributed by atoms with Crippen LogP contribution < -0.4 is 21.1 Å². The number of nitrogens with zero attached hydrogens (tertiary/aromatic N) is 2. The standard InChI is InChI=1S/C22H31F2N5O4S/c1-22(24)7-6-15(23)11-14(22)13-33-19-17(18(25)31)20(34-28-19)27-21(32)26-8-2-3-9-29-10-4-5-16(29)12-30/h6-7,11,14,16,30H,2-5,8-10,12-13H2,1H3,(H2,25,31)(H2,26,27,32). The van der Waals surface area contributed by atoms with E-state index in [1.807, 2.05) is 0 Å². The van der Waals surface area contributed by atoms with E-state index in [0.717, 1.165) is 68.5 Å². The average Bonchev–Trinajstić information content (AvgIpc) is 3.40. The SMILES string of the molecule is CC1(F)C=CC(F)=CC1COc1nsc(NC(=O)NCCCCN2CCCC2CO)c1C(N)=O. The molecule has 0 spiro atoms. The Labute approximate surface area is 201 Å². The number of nitrogens with two attached hydrogens (primary N) is 1. The lowest BCUT2D eigenvalue weighted by atomic mass is 9.87. The molecule has 2 aliphatic rings. The second-order valence-corrected chi connectivity index (χ2v) is 9.39. The Morgan fingerprint density at radius 3 is 2.97 bits per heavy atom. The van der Waals surface area contributed by atoms with Gasteiger partial charge < -0.3 is 20.9 Å². The van der Waals surface area contributed by atoms with E-state index in [-0.39, 0.29) is 35.7 Å². The van der Waals surface area contributed by atoms with E-state index in [2.05, 4.69) is 19.9 Å². The smallest absolute Gasteiger partial charge is 0.319 e. The number of ether oxygens (including phenoxy) is 1. The van der Waals surface area contributed by atoms with Crippen LogP contribution in [0.25, 0.3) is 0 Å². The summed E-state index contributed by atoms with van der Waals surface area (Å²) in [6.07, 6.45) is 7.00. The predicted molar refractivity (Wildman–Crippen MR) is 125 cm³/mol. The van der Waals surface area contributed by atoms with Gasteiger partial charge in [-0.2, -0.15) is 4.37 Å². The van der Waals surface area contributed by atoms with Crippen LogP contribution in [0.4, 0.5) is 18.6 Å². The molecule has 2 heterocycles. The molecule has 1 fully saturated rings. The van der Waals surface area contributed by atoms with Crippen molar-refractivity contribution in [2.45, 2.75) is 44.3 Å². The first-order valence-electron chi connectivity index (χ1n) is 11.3. The van der Waals surface area contributed by atoms with Gasteiger partial charge in [-0.3, -0.25) is 15.0 Å². The van der Waals surface area contributed by atoms with E-state index in [0.29, 0.717) is 6.54 Å². The number of primary amides is 1. The summed E-state index contributed by atoms with van der Waals surface area (Å²) >= 11 is 0.808. The van der Waals surface area contributed by atoms with Gasteiger partial charge in [-0.1, -0.05) is 0 Å². The third-order valence-electron chi connectivity index (χ3n) is 6.06. The molecule has 188 valence electrons. The van der Waals surface area contributed by atoms with Crippen molar-refractivity contribution in [1.82, 2.24) is 14.6 Å². The number of anilines is 1. The van der Waals surface area contributed by atoms with Crippen LogP contribution in [0.1, 0.15) is 43.0 Å². The number of aliphatic hydroxyl groups is 1. The van der Waals surface area contributed by atoms with Crippen LogP contribution in [0, 0.1) is 5.92 Å². The van der Waals surface area contributed by atoms with Gasteiger partial charge in [-0.25, -0.2) is 13.6 Å². The number of aromatic nitrogens is 1. The number of hydrogen-bond donors (Lipinski definition) is 4. The summed E-state index contributed by atoms with van der Waals surface area (Å²) in [5, 5.41) is 14.7. The van der Waals surface area contributed by atoms with Gasteiger partial charge in [0.05, 0.1) is 19.1 Å². The Balaban J connectivity index is 1.47. The van der Waals surface area contributed by atoms with Crippen LogP contribution in [0.2, 0.25) is 0 Å². The Morgan fingerprint density at radius 1 is 1.44 bits per heavy atom. The molecule has 1 saturated heterocycles. The number of allylic oxidation sites excluding steroid dienone is 3. The highest BCUT2D eigenvalue weighted by molar-refractivity contribution is 7.11. The van der Waals surface area contributed by atoms with Gasteiger partial charge in [0, 0.05) is 12.6 Å². The van der Waals surface area contributed by atoms with Crippen LogP contribution in [-0.2, 0) is 0 Å². The lowest BCUT2D eigenvalue weighted by Gasteiger charge is -2.27. The zero-order chi connectivity index (χ0) is 24.7. The quantitative estimate of drug-likeness (QED) is 0.347. The second-order valence-electron chi connectivity index (χ2n) is 8.61. The summed E-state index contributed by atoms with van der Waals surface area (Å²) in [4.78, 5) is 26.5. The molecule has 0 saturated carbocycles. The number of nitrogens with one attached hydrogen (secondary N) is 2. The van der Waals surface area contributed by atoms with Gasteiger partial charge in [-0.05, 0) is 75.5 Å². The molecule has 0 radical (unpaired) electrons. The number of likely N-dealkylation sites (tertiary alicyclic amines) is 1. The van der Waals surface area contributed by atoms with E-state index in [4.69, 9.17) is 10.5 Å². The Hall–Kier alpha value is -2.57. The van der Waals surface area contributed by atoms with Gasteiger partial charge in [-0.15, -0.1) is 0 Å². The van der Waals surface area contributed by atoms with Crippen LogP contribution in [-0.4, -0.2) is 70.9 Å². The monoisotopic (exact) mass is 499 g/mol. The summed E-state index contributed by atoms with van der Waals surface area (Å²) in [5.74, 6) is -2.51. The fourth-order valence-electron chi connectivity index (χ4n) is 4.02. The zero-order valence-corrected chi connectivity index (χ0v) is 19.9. The number of rotatable bonds is 11. The molecule has 1 aliphatic heterocycles. The van der Waals surface area contributed by atoms with Crippen molar-refractivity contribution in [2.24, 2.45) is 11.7 Å². The van der Waals surface area contributed by atoms with Crippen molar-refractivity contribution in [3.8, 4) is 5.88 Å². The topological polar surface area (TPSA) is 130 Å². The first-order valence-corrected chi connectivity index (χ1v) is 12.1. The van der Waals surface area contributed by atoms with Crippen molar-refractivity contribution in [1.29, 1.82) is 0 Å². The molecule has 1 aromatic heterocycles. The number of aliphatic hydroxyl groups excluding tert-OH is 1. The van der Waals surface area contributed by atoms with E-state index in [1.54, 1.807) is 0 Å². The van der Waals surface area contributed by atoms with E-state index in [9.17, 15) is 23.5 Å². The second kappa shape index (κ2) is 11.7. The van der Waals surface area contributed by atoms with Crippen molar-refractivity contribution < 1.29 is 28.2 Å². The number of unbranched alkanes of at least 4 members (excludes halogenated alkanes) is 1. The molecular formula is C22H31F2N5O4S. The maximum atomic E-state index is 14.6. The minimum absolute atomic E-state index is 0.108. The number of carbonyl (C=O) groups excluding carboxylic acids is 2. The minimum Gasteiger partial charge on any atom is -0.476 e. The highest BCUT2D eigenvalue weighted by Crippen LogP contribution is 2.34. The summed E-state index contributed by atoms with van der Waals surface area (Å²) in [6.45, 7) is 3.47. The number of hydrogen-bond acceptors (Lipinski definition) is 7. The molecule has 9 nitrogen and oxygen atoms in total. The van der Waals surface area contributed by atoms with Gasteiger partial charge in [0.1, 0.15) is 22.1 Å². The Morgan fingerprint density at radius 2 is 2.24 bits per heavy atom. The fraction of sp³-hybridized carbons (Fsp3) is 0.591. The van der Waals surface area contributed by atoms with Gasteiger partial charge in [0.15, 0.2) is 0 Å². The Kier molecular flexibility index (Phi) is 8.97. The molecule has 3 amide bonds. The molecule has 34 heavy (non-hydrogen) atoms. The summed E-state index contributed by atoms with van der Waals surface area (Å²) < 4.78 is 37.6. The maximum absolute atomic E-state index is 14.6. The molecular weight excluding hydrogens is 468 g/mol. The van der Waals surface area contributed by atoms with Crippen LogP contribution in [0.5, 0.6) is 5.88 Å². The first-order chi connectivity index (χ1) is 16.2. The predicted octanol–water partition coefficient (Wildman–Crippen LogP) is 2.75. The number of urea groups is 1. The molecule has 12 heteroatoms. The summed E-state index contributed by atoms with van der Waals surface area (Å²) in [7, 11) is 0. The third kappa shape index (κ3) is 6.73. The van der Waals surface area contributed by atoms with Gasteiger partial charge in [0.25, 0.3) is 5.91 Å².